The fourth-order valence-corrected chi connectivity index (χ4v) is 10.9. The number of para-hydroxylation sites is 1. The highest BCUT2D eigenvalue weighted by atomic mass is 19.4. The minimum absolute atomic E-state index is 0.211. The number of benzene rings is 10. The molecule has 0 fully saturated rings. The summed E-state index contributed by atoms with van der Waals surface area (Å²) in [6.07, 6.45) is -18.4. The van der Waals surface area contributed by atoms with E-state index in [0.29, 0.717) is 66.8 Å². The van der Waals surface area contributed by atoms with E-state index >= 15 is 0 Å². The Morgan fingerprint density at radius 3 is 0.788 bits per heavy atom. The molecule has 13 heteroatoms. The van der Waals surface area contributed by atoms with Crippen LogP contribution in [0.5, 0.6) is 0 Å². The quantitative estimate of drug-likeness (QED) is 0.134. The zero-order valence-electron chi connectivity index (χ0n) is 46.7. The molecule has 0 aliphatic rings. The monoisotopic (exact) mass is 1160 g/mol. The Labute approximate surface area is 483 Å². The van der Waals surface area contributed by atoms with Gasteiger partial charge in [-0.05, 0) is 210 Å². The summed E-state index contributed by atoms with van der Waals surface area (Å²) in [5.74, 6) is 0. The normalized spacial score (nSPS) is 12.8. The minimum Gasteiger partial charge on any atom is -0.309 e. The van der Waals surface area contributed by atoms with E-state index < -0.39 is 47.0 Å². The third-order valence-electron chi connectivity index (χ3n) is 15.6. The first-order valence-electron chi connectivity index (χ1n) is 27.2. The summed E-state index contributed by atoms with van der Waals surface area (Å²) in [7, 11) is 0. The van der Waals surface area contributed by atoms with Crippen LogP contribution in [-0.2, 0) is 35.5 Å². The molecule has 0 N–H and O–H groups in total. The number of alkyl halides is 12. The molecule has 1 aromatic heterocycles. The van der Waals surface area contributed by atoms with Crippen LogP contribution in [0.4, 0.5) is 52.7 Å². The largest absolute Gasteiger partial charge is 0.416 e. The summed E-state index contributed by atoms with van der Waals surface area (Å²) in [5.41, 5.74) is 9.05. The van der Waals surface area contributed by atoms with E-state index in [1.54, 1.807) is 12.1 Å². The fourth-order valence-electron chi connectivity index (χ4n) is 10.9. The van der Waals surface area contributed by atoms with E-state index in [1.165, 1.54) is 48.5 Å². The molecule has 0 saturated carbocycles. The molecule has 0 radical (unpaired) electrons. The van der Waals surface area contributed by atoms with Crippen molar-refractivity contribution in [2.75, 3.05) is 0 Å². The van der Waals surface area contributed by atoms with Crippen LogP contribution in [0.15, 0.2) is 212 Å². The molecule has 0 aliphatic heterocycles. The lowest BCUT2D eigenvalue weighted by molar-refractivity contribution is -0.138. The van der Waals surface area contributed by atoms with Gasteiger partial charge < -0.3 is 4.57 Å². The average molecular weight is 1160 g/mol. The van der Waals surface area contributed by atoms with Crippen molar-refractivity contribution in [3.8, 4) is 83.6 Å². The van der Waals surface area contributed by atoms with Gasteiger partial charge in [0.2, 0.25) is 0 Å². The standard InChI is InChI=1S/C72H53F12N/c1-67(2,3)59-37-54(38-60(41-59)68(4,5)6)61-9-7-8-10-64(61)85-65-29-19-46(52-33-48(42-11-21-55(22-12-42)69(73,74)75)31-49(34-52)43-13-23-56(24-14-43)70(76,77)78)39-62(65)63-40-47(20-30-66(63)85)53-35-50(44-15-25-57(26-16-44)71(79,80)81)32-51(36-53)45-17-27-58(28-18-45)72(82,83)84/h7-41H,1-6H3. The smallest absolute Gasteiger partial charge is 0.309 e. The van der Waals surface area contributed by atoms with Gasteiger partial charge in [0.15, 0.2) is 0 Å². The van der Waals surface area contributed by atoms with Crippen molar-refractivity contribution in [2.45, 2.75) is 77.1 Å². The Balaban J connectivity index is 1.16. The van der Waals surface area contributed by atoms with Gasteiger partial charge in [-0.25, -0.2) is 0 Å². The van der Waals surface area contributed by atoms with Crippen molar-refractivity contribution < 1.29 is 52.7 Å². The molecule has 0 unspecified atom stereocenters. The van der Waals surface area contributed by atoms with Gasteiger partial charge in [0.25, 0.3) is 0 Å². The van der Waals surface area contributed by atoms with Crippen LogP contribution in [-0.4, -0.2) is 4.57 Å². The molecule has 11 rings (SSSR count). The molecule has 1 heterocycles. The minimum atomic E-state index is -4.60. The average Bonchev–Trinajstić information content (AvgIpc) is 1.87. The third kappa shape index (κ3) is 11.9. The van der Waals surface area contributed by atoms with Crippen LogP contribution in [0.3, 0.4) is 0 Å². The summed E-state index contributed by atoms with van der Waals surface area (Å²) < 4.78 is 168. The van der Waals surface area contributed by atoms with Gasteiger partial charge in [-0.2, -0.15) is 52.7 Å². The third-order valence-corrected chi connectivity index (χ3v) is 15.6. The predicted octanol–water partition coefficient (Wildman–Crippen LogP) is 23.1. The second-order valence-electron chi connectivity index (χ2n) is 23.5. The SMILES string of the molecule is CC(C)(C)c1cc(-c2ccccc2-n2c3ccc(-c4cc(-c5ccc(C(F)(F)F)cc5)cc(-c5ccc(C(F)(F)F)cc5)c4)cc3c3cc(-c4cc(-c5ccc(C(F)(F)F)cc5)cc(-c5ccc(C(F)(F)F)cc5)c4)ccc32)cc(C(C)(C)C)c1. The van der Waals surface area contributed by atoms with Gasteiger partial charge in [-0.15, -0.1) is 0 Å². The number of hydrogen-bond donors (Lipinski definition) is 0. The van der Waals surface area contributed by atoms with E-state index in [2.05, 4.69) is 70.4 Å². The number of nitrogens with zero attached hydrogens (tertiary/aromatic N) is 1. The van der Waals surface area contributed by atoms with Crippen molar-refractivity contribution in [3.05, 3.63) is 246 Å². The lowest BCUT2D eigenvalue weighted by Crippen LogP contribution is -2.16. The van der Waals surface area contributed by atoms with Crippen LogP contribution in [0.2, 0.25) is 0 Å². The second-order valence-corrected chi connectivity index (χ2v) is 23.5. The first kappa shape index (κ1) is 58.0. The Morgan fingerprint density at radius 1 is 0.235 bits per heavy atom. The number of rotatable bonds is 8. The Hall–Kier alpha value is -8.84. The maximum Gasteiger partial charge on any atom is 0.416 e. The highest BCUT2D eigenvalue weighted by Gasteiger charge is 2.33. The zero-order valence-corrected chi connectivity index (χ0v) is 46.7. The van der Waals surface area contributed by atoms with E-state index in [1.807, 2.05) is 78.9 Å². The molecule has 0 aliphatic carbocycles. The molecule has 10 aromatic carbocycles. The van der Waals surface area contributed by atoms with Crippen molar-refractivity contribution in [3.63, 3.8) is 0 Å². The van der Waals surface area contributed by atoms with Gasteiger partial charge in [-0.1, -0.05) is 139 Å². The summed E-state index contributed by atoms with van der Waals surface area (Å²) in [6.45, 7) is 13.0. The Bertz CT molecular complexity index is 3910. The van der Waals surface area contributed by atoms with Crippen molar-refractivity contribution in [1.82, 2.24) is 4.57 Å². The highest BCUT2D eigenvalue weighted by molar-refractivity contribution is 6.12. The number of halogens is 12. The maximum absolute atomic E-state index is 13.8. The summed E-state index contributed by atoms with van der Waals surface area (Å²) in [6, 6.07) is 55.9. The summed E-state index contributed by atoms with van der Waals surface area (Å²) in [5, 5.41) is 1.50. The summed E-state index contributed by atoms with van der Waals surface area (Å²) in [4.78, 5) is 0. The molecule has 0 spiro atoms. The van der Waals surface area contributed by atoms with E-state index in [0.717, 1.165) is 98.3 Å². The van der Waals surface area contributed by atoms with Crippen LogP contribution in [0, 0.1) is 0 Å². The molecule has 0 atom stereocenters. The van der Waals surface area contributed by atoms with Crippen molar-refractivity contribution in [1.29, 1.82) is 0 Å². The van der Waals surface area contributed by atoms with Gasteiger partial charge in [0.05, 0.1) is 39.0 Å². The molecule has 0 amide bonds. The Morgan fingerprint density at radius 2 is 0.506 bits per heavy atom. The fraction of sp³-hybridized carbons (Fsp3) is 0.167. The van der Waals surface area contributed by atoms with Crippen LogP contribution in [0.25, 0.3) is 105 Å². The lowest BCUT2D eigenvalue weighted by atomic mass is 9.79. The number of fused-ring (bicyclic) bond motifs is 3. The van der Waals surface area contributed by atoms with Crippen LogP contribution in [0.1, 0.15) is 74.9 Å². The van der Waals surface area contributed by atoms with Gasteiger partial charge in [0, 0.05) is 16.3 Å². The molecular formula is C72H53F12N. The maximum atomic E-state index is 13.8. The first-order valence-corrected chi connectivity index (χ1v) is 27.2. The molecular weight excluding hydrogens is 1110 g/mol. The molecule has 0 bridgehead atoms. The number of hydrogen-bond acceptors (Lipinski definition) is 0. The zero-order chi connectivity index (χ0) is 60.8. The topological polar surface area (TPSA) is 4.93 Å². The van der Waals surface area contributed by atoms with Crippen LogP contribution >= 0.6 is 0 Å². The van der Waals surface area contributed by atoms with Gasteiger partial charge in [-0.3, -0.25) is 0 Å². The van der Waals surface area contributed by atoms with Crippen molar-refractivity contribution >= 4 is 21.8 Å². The van der Waals surface area contributed by atoms with Crippen molar-refractivity contribution in [2.24, 2.45) is 0 Å². The molecule has 85 heavy (non-hydrogen) atoms. The first-order chi connectivity index (χ1) is 39.9. The van der Waals surface area contributed by atoms with E-state index in [-0.39, 0.29) is 10.8 Å². The Kier molecular flexibility index (Phi) is 14.3. The predicted molar refractivity (Wildman–Crippen MR) is 316 cm³/mol. The van der Waals surface area contributed by atoms with Gasteiger partial charge in [0.1, 0.15) is 0 Å². The second kappa shape index (κ2) is 21.0. The van der Waals surface area contributed by atoms with E-state index in [9.17, 15) is 52.7 Å². The van der Waals surface area contributed by atoms with Crippen LogP contribution < -0.4 is 0 Å². The lowest BCUT2D eigenvalue weighted by Gasteiger charge is -2.27. The van der Waals surface area contributed by atoms with Gasteiger partial charge >= 0.3 is 24.7 Å². The van der Waals surface area contributed by atoms with E-state index in [4.69, 9.17) is 0 Å². The number of aromatic nitrogens is 1. The molecule has 430 valence electrons. The molecule has 11 aromatic rings. The highest BCUT2D eigenvalue weighted by Crippen LogP contribution is 2.45. The summed E-state index contributed by atoms with van der Waals surface area (Å²) >= 11 is 0. The molecule has 1 nitrogen and oxygen atoms in total. The molecule has 0 saturated heterocycles.